The zero-order chi connectivity index (χ0) is 18.4. The van der Waals surface area contributed by atoms with Gasteiger partial charge in [0, 0.05) is 0 Å². The van der Waals surface area contributed by atoms with Gasteiger partial charge in [0.1, 0.15) is 29.8 Å². The molecule has 0 spiro atoms. The topological polar surface area (TPSA) is 41.8 Å². The van der Waals surface area contributed by atoms with Crippen LogP contribution in [-0.4, -0.2) is 35.5 Å². The fourth-order valence-corrected chi connectivity index (χ4v) is 6.23. The molecule has 0 saturated carbocycles. The lowest BCUT2D eigenvalue weighted by molar-refractivity contribution is -0.912. The molecule has 3 aliphatic heterocycles. The number of anilines is 1. The summed E-state index contributed by atoms with van der Waals surface area (Å²) in [6.45, 7) is 0. The summed E-state index contributed by atoms with van der Waals surface area (Å²) in [5.41, 5.74) is 1.82. The zero-order valence-electron chi connectivity index (χ0n) is 14.8. The first-order valence-corrected chi connectivity index (χ1v) is 10.5. The van der Waals surface area contributed by atoms with Crippen LogP contribution < -0.4 is 9.80 Å². The summed E-state index contributed by atoms with van der Waals surface area (Å²) in [5, 5.41) is 0. The molecule has 0 radical (unpaired) electrons. The predicted octanol–water partition coefficient (Wildman–Crippen LogP) is 1.85. The van der Waals surface area contributed by atoms with Crippen LogP contribution in [0.2, 0.25) is 0 Å². The number of benzene rings is 2. The average Bonchev–Trinajstić information content (AvgIpc) is 3.34. The molecule has 5 atom stereocenters. The molecule has 3 aliphatic rings. The number of nitrogens with zero attached hydrogens (tertiary/aromatic N) is 1. The quantitative estimate of drug-likeness (QED) is 0.830. The van der Waals surface area contributed by atoms with E-state index >= 15 is 0 Å². The number of fused-ring (bicyclic) bond motifs is 3. The molecule has 2 aromatic carbocycles. The van der Waals surface area contributed by atoms with Gasteiger partial charge < -0.3 is 4.90 Å². The van der Waals surface area contributed by atoms with Gasteiger partial charge in [-0.2, -0.15) is 0 Å². The molecule has 2 amide bonds. The highest BCUT2D eigenvalue weighted by Crippen LogP contribution is 2.40. The predicted molar refractivity (Wildman–Crippen MR) is 107 cm³/mol. The van der Waals surface area contributed by atoms with E-state index in [0.717, 1.165) is 17.2 Å². The van der Waals surface area contributed by atoms with E-state index in [1.54, 1.807) is 0 Å². The van der Waals surface area contributed by atoms with Crippen molar-refractivity contribution in [1.82, 2.24) is 0 Å². The molecule has 5 heteroatoms. The van der Waals surface area contributed by atoms with Crippen LogP contribution in [0.3, 0.4) is 0 Å². The number of imide groups is 1. The van der Waals surface area contributed by atoms with Gasteiger partial charge in [0.2, 0.25) is 11.8 Å². The number of rotatable bonds is 3. The van der Waals surface area contributed by atoms with Crippen molar-refractivity contribution in [2.45, 2.75) is 12.1 Å². The van der Waals surface area contributed by atoms with E-state index in [-0.39, 0.29) is 35.7 Å². The molecule has 1 unspecified atom stereocenters. The first-order valence-electron chi connectivity index (χ1n) is 9.35. The molecular formula is C22H21N2O2S+. The maximum atomic E-state index is 13.3. The minimum absolute atomic E-state index is 0.0168. The molecule has 2 aromatic rings. The highest BCUT2D eigenvalue weighted by molar-refractivity contribution is 7.99. The molecule has 0 bridgehead atoms. The third-order valence-electron chi connectivity index (χ3n) is 6.00. The van der Waals surface area contributed by atoms with Crippen LogP contribution >= 0.6 is 11.8 Å². The maximum Gasteiger partial charge on any atom is 0.244 e. The van der Waals surface area contributed by atoms with Crippen LogP contribution in [0.5, 0.6) is 0 Å². The van der Waals surface area contributed by atoms with Crippen LogP contribution in [0.1, 0.15) is 5.56 Å². The van der Waals surface area contributed by atoms with Gasteiger partial charge in [0.15, 0.2) is 0 Å². The average molecular weight is 377 g/mol. The van der Waals surface area contributed by atoms with Gasteiger partial charge in [-0.05, 0) is 23.8 Å². The van der Waals surface area contributed by atoms with Crippen LogP contribution in [0.25, 0.3) is 6.08 Å². The number of para-hydroxylation sites is 1. The summed E-state index contributed by atoms with van der Waals surface area (Å²) in [7, 11) is 0. The number of hydrogen-bond acceptors (Lipinski definition) is 3. The second kappa shape index (κ2) is 6.66. The number of carbonyl (C=O) groups is 2. The molecule has 5 rings (SSSR count). The monoisotopic (exact) mass is 377 g/mol. The van der Waals surface area contributed by atoms with E-state index in [2.05, 4.69) is 24.3 Å². The van der Waals surface area contributed by atoms with Crippen molar-refractivity contribution in [3.05, 3.63) is 72.3 Å². The Morgan fingerprint density at radius 2 is 1.59 bits per heavy atom. The Labute approximate surface area is 162 Å². The van der Waals surface area contributed by atoms with Gasteiger partial charge in [0.25, 0.3) is 0 Å². The SMILES string of the molecule is O=C1[C@@H]2[C@H](C(=O)N1c1ccccc1)[C@H]1CSC[NH+]1[C@H]2/C=C/c1ccccc1. The van der Waals surface area contributed by atoms with Crippen LogP contribution in [0.4, 0.5) is 5.69 Å². The number of amides is 2. The normalized spacial score (nSPS) is 32.3. The van der Waals surface area contributed by atoms with E-state index in [4.69, 9.17) is 0 Å². The standard InChI is InChI=1S/C22H20N2O2S/c25-21-19-17(12-11-15-7-3-1-4-8-15)23-14-27-13-18(23)20(19)22(26)24(21)16-9-5-2-6-10-16/h1-12,17-20H,13-14H2/p+1/b12-11+/t17-,18+,19-,20+/m0/s1. The Balaban J connectivity index is 1.51. The molecule has 4 nitrogen and oxygen atoms in total. The van der Waals surface area contributed by atoms with Crippen LogP contribution in [0.15, 0.2) is 66.7 Å². The van der Waals surface area contributed by atoms with E-state index in [0.29, 0.717) is 5.69 Å². The van der Waals surface area contributed by atoms with E-state index < -0.39 is 0 Å². The third-order valence-corrected chi connectivity index (χ3v) is 7.13. The zero-order valence-corrected chi connectivity index (χ0v) is 15.6. The Morgan fingerprint density at radius 1 is 0.926 bits per heavy atom. The number of hydrogen-bond donors (Lipinski definition) is 1. The van der Waals surface area contributed by atoms with Gasteiger partial charge in [0.05, 0.1) is 11.4 Å². The third kappa shape index (κ3) is 2.65. The molecule has 3 saturated heterocycles. The Morgan fingerprint density at radius 3 is 2.33 bits per heavy atom. The maximum absolute atomic E-state index is 13.3. The van der Waals surface area contributed by atoms with Crippen molar-refractivity contribution < 1.29 is 14.5 Å². The Hall–Kier alpha value is -2.37. The molecule has 3 heterocycles. The van der Waals surface area contributed by atoms with E-state index in [9.17, 15) is 9.59 Å². The Bertz CT molecular complexity index is 899. The molecule has 0 aliphatic carbocycles. The number of carbonyl (C=O) groups excluding carboxylic acids is 2. The van der Waals surface area contributed by atoms with Crippen molar-refractivity contribution in [3.8, 4) is 0 Å². The van der Waals surface area contributed by atoms with Gasteiger partial charge in [-0.15, -0.1) is 0 Å². The summed E-state index contributed by atoms with van der Waals surface area (Å²) in [4.78, 5) is 29.3. The lowest BCUT2D eigenvalue weighted by Gasteiger charge is -2.23. The molecular weight excluding hydrogens is 356 g/mol. The minimum atomic E-state index is -0.251. The number of nitrogens with one attached hydrogen (secondary N) is 1. The fourth-order valence-electron chi connectivity index (χ4n) is 4.79. The lowest BCUT2D eigenvalue weighted by Crippen LogP contribution is -3.15. The van der Waals surface area contributed by atoms with Crippen molar-refractivity contribution in [3.63, 3.8) is 0 Å². The van der Waals surface area contributed by atoms with E-state index in [1.165, 1.54) is 9.80 Å². The second-order valence-electron chi connectivity index (χ2n) is 7.39. The number of quaternary nitrogens is 1. The molecule has 1 N–H and O–H groups in total. The largest absolute Gasteiger partial charge is 0.316 e. The highest BCUT2D eigenvalue weighted by atomic mass is 32.2. The van der Waals surface area contributed by atoms with E-state index in [1.807, 2.05) is 60.3 Å². The Kier molecular flexibility index (Phi) is 4.14. The molecule has 3 fully saturated rings. The summed E-state index contributed by atoms with van der Waals surface area (Å²) in [5.74, 6) is 1.41. The van der Waals surface area contributed by atoms with Crippen molar-refractivity contribution in [2.75, 3.05) is 16.5 Å². The van der Waals surface area contributed by atoms with Crippen LogP contribution in [0, 0.1) is 11.8 Å². The van der Waals surface area contributed by atoms with Crippen molar-refractivity contribution >= 4 is 35.3 Å². The minimum Gasteiger partial charge on any atom is -0.316 e. The van der Waals surface area contributed by atoms with Gasteiger partial charge >= 0.3 is 0 Å². The van der Waals surface area contributed by atoms with Gasteiger partial charge in [-0.1, -0.05) is 66.4 Å². The van der Waals surface area contributed by atoms with Gasteiger partial charge in [-0.25, -0.2) is 4.90 Å². The van der Waals surface area contributed by atoms with Crippen molar-refractivity contribution in [1.29, 1.82) is 0 Å². The van der Waals surface area contributed by atoms with Gasteiger partial charge in [-0.3, -0.25) is 9.59 Å². The highest BCUT2D eigenvalue weighted by Gasteiger charge is 2.65. The van der Waals surface area contributed by atoms with Crippen LogP contribution in [-0.2, 0) is 9.59 Å². The summed E-state index contributed by atoms with van der Waals surface area (Å²) >= 11 is 1.89. The number of thioether (sulfide) groups is 1. The first-order chi connectivity index (χ1) is 13.3. The summed E-state index contributed by atoms with van der Waals surface area (Å²) in [6.07, 6.45) is 4.26. The molecule has 27 heavy (non-hydrogen) atoms. The fraction of sp³-hybridized carbons (Fsp3) is 0.273. The summed E-state index contributed by atoms with van der Waals surface area (Å²) in [6, 6.07) is 19.8. The molecule has 0 aromatic heterocycles. The van der Waals surface area contributed by atoms with Crippen molar-refractivity contribution in [2.24, 2.45) is 11.8 Å². The second-order valence-corrected chi connectivity index (χ2v) is 8.42. The lowest BCUT2D eigenvalue weighted by atomic mass is 9.89. The first kappa shape index (κ1) is 16.8. The smallest absolute Gasteiger partial charge is 0.244 e. The molecule has 136 valence electrons. The summed E-state index contributed by atoms with van der Waals surface area (Å²) < 4.78 is 0.